The highest BCUT2D eigenvalue weighted by molar-refractivity contribution is 7.80. The topological polar surface area (TPSA) is 40.2 Å². The molecule has 0 unspecified atom stereocenters. The van der Waals surface area contributed by atoms with Crippen LogP contribution in [0.25, 0.3) is 0 Å². The summed E-state index contributed by atoms with van der Waals surface area (Å²) >= 11 is 11.9. The smallest absolute Gasteiger partial charge is 0.170 e. The van der Waals surface area contributed by atoms with Gasteiger partial charge in [0, 0.05) is 30.1 Å². The van der Waals surface area contributed by atoms with Crippen LogP contribution in [0.3, 0.4) is 0 Å². The monoisotopic (exact) mass is 470 g/mol. The summed E-state index contributed by atoms with van der Waals surface area (Å²) in [4.78, 5) is 7.11. The molecule has 0 amide bonds. The molecule has 2 fully saturated rings. The first kappa shape index (κ1) is 23.3. The minimum Gasteiger partial charge on any atom is -0.362 e. The van der Waals surface area contributed by atoms with Crippen LogP contribution in [0.1, 0.15) is 57.9 Å². The number of benzene rings is 1. The highest BCUT2D eigenvalue weighted by Gasteiger charge is 2.34. The average molecular weight is 471 g/mol. The van der Waals surface area contributed by atoms with Crippen molar-refractivity contribution in [3.8, 4) is 0 Å². The molecule has 1 aliphatic heterocycles. The molecule has 2 aromatic rings. The van der Waals surface area contributed by atoms with E-state index in [1.165, 1.54) is 31.2 Å². The Bertz CT molecular complexity index is 900. The summed E-state index contributed by atoms with van der Waals surface area (Å²) in [5.74, 6) is 2.47. The zero-order chi connectivity index (χ0) is 22.6. The van der Waals surface area contributed by atoms with Crippen LogP contribution >= 0.6 is 23.8 Å². The van der Waals surface area contributed by atoms with Gasteiger partial charge in [0.2, 0.25) is 0 Å². The van der Waals surface area contributed by atoms with Crippen LogP contribution in [-0.2, 0) is 5.41 Å². The fourth-order valence-corrected chi connectivity index (χ4v) is 5.92. The fourth-order valence-electron chi connectivity index (χ4n) is 5.54. The van der Waals surface area contributed by atoms with E-state index in [0.717, 1.165) is 49.0 Å². The third kappa shape index (κ3) is 5.74. The third-order valence-corrected chi connectivity index (χ3v) is 7.52. The minimum atomic E-state index is 0.0820. The van der Waals surface area contributed by atoms with Gasteiger partial charge in [-0.05, 0) is 73.1 Å². The maximum absolute atomic E-state index is 6.31. The average Bonchev–Trinajstić information content (AvgIpc) is 2.78. The van der Waals surface area contributed by atoms with E-state index in [4.69, 9.17) is 28.8 Å². The normalized spacial score (nSPS) is 22.9. The molecule has 1 saturated carbocycles. The first-order valence-electron chi connectivity index (χ1n) is 12.0. The number of halogens is 1. The molecule has 1 aromatic heterocycles. The highest BCUT2D eigenvalue weighted by Crippen LogP contribution is 2.39. The number of pyridine rings is 1. The lowest BCUT2D eigenvalue weighted by atomic mass is 9.69. The van der Waals surface area contributed by atoms with Crippen molar-refractivity contribution in [2.45, 2.75) is 57.8 Å². The van der Waals surface area contributed by atoms with Crippen molar-refractivity contribution in [1.29, 1.82) is 0 Å². The Kier molecular flexibility index (Phi) is 7.57. The maximum atomic E-state index is 6.31. The van der Waals surface area contributed by atoms with Crippen LogP contribution in [-0.4, -0.2) is 29.7 Å². The van der Waals surface area contributed by atoms with E-state index < -0.39 is 0 Å². The van der Waals surface area contributed by atoms with Crippen LogP contribution in [0.4, 0.5) is 11.5 Å². The first-order chi connectivity index (χ1) is 15.4. The number of thiocarbonyl (C=S) groups is 1. The molecule has 0 radical (unpaired) electrons. The first-order valence-corrected chi connectivity index (χ1v) is 12.7. The molecule has 2 atom stereocenters. The van der Waals surface area contributed by atoms with E-state index >= 15 is 0 Å². The van der Waals surface area contributed by atoms with Crippen molar-refractivity contribution in [3.05, 3.63) is 53.2 Å². The SMILES string of the molecule is C[C@H]1C[C@H](C)CN(c2ccc(NC(=S)NCC3(c4cccc(Cl)c4)CCCCC3)cn2)C1. The quantitative estimate of drug-likeness (QED) is 0.494. The van der Waals surface area contributed by atoms with Gasteiger partial charge in [-0.25, -0.2) is 4.98 Å². The van der Waals surface area contributed by atoms with E-state index in [2.05, 4.69) is 59.7 Å². The summed E-state index contributed by atoms with van der Waals surface area (Å²) in [5, 5.41) is 8.26. The Morgan fingerprint density at radius 1 is 1.12 bits per heavy atom. The van der Waals surface area contributed by atoms with Crippen LogP contribution in [0.5, 0.6) is 0 Å². The van der Waals surface area contributed by atoms with Gasteiger partial charge in [0.15, 0.2) is 5.11 Å². The standard InChI is InChI=1S/C26H35ClN4S/c1-19-13-20(2)17-31(16-19)24-10-9-23(15-28-24)30-25(32)29-18-26(11-4-3-5-12-26)21-7-6-8-22(27)14-21/h6-10,14-15,19-20H,3-5,11-13,16-18H2,1-2H3,(H2,29,30,32)/t19-,20-/m0/s1. The van der Waals surface area contributed by atoms with Crippen LogP contribution in [0, 0.1) is 11.8 Å². The lowest BCUT2D eigenvalue weighted by Gasteiger charge is -2.38. The summed E-state index contributed by atoms with van der Waals surface area (Å²) in [7, 11) is 0. The molecule has 2 aliphatic rings. The number of hydrogen-bond donors (Lipinski definition) is 2. The second kappa shape index (κ2) is 10.4. The van der Waals surface area contributed by atoms with Crippen molar-refractivity contribution < 1.29 is 0 Å². The Hall–Kier alpha value is -1.85. The van der Waals surface area contributed by atoms with E-state index in [9.17, 15) is 0 Å². The zero-order valence-corrected chi connectivity index (χ0v) is 20.8. The molecule has 172 valence electrons. The molecule has 4 nitrogen and oxygen atoms in total. The Morgan fingerprint density at radius 2 is 1.88 bits per heavy atom. The number of anilines is 2. The number of rotatable bonds is 5. The van der Waals surface area contributed by atoms with E-state index in [1.807, 2.05) is 12.3 Å². The molecule has 32 heavy (non-hydrogen) atoms. The van der Waals surface area contributed by atoms with Gasteiger partial charge >= 0.3 is 0 Å². The molecular formula is C26H35ClN4S. The van der Waals surface area contributed by atoms with Crippen molar-refractivity contribution >= 4 is 40.4 Å². The lowest BCUT2D eigenvalue weighted by Crippen LogP contribution is -2.43. The molecule has 2 N–H and O–H groups in total. The Morgan fingerprint density at radius 3 is 2.53 bits per heavy atom. The molecule has 6 heteroatoms. The second-order valence-corrected chi connectivity index (χ2v) is 10.8. The fraction of sp³-hybridized carbons (Fsp3) is 0.538. The molecule has 0 spiro atoms. The van der Waals surface area contributed by atoms with Gasteiger partial charge in [-0.1, -0.05) is 56.8 Å². The van der Waals surface area contributed by atoms with Gasteiger partial charge in [-0.2, -0.15) is 0 Å². The third-order valence-electron chi connectivity index (χ3n) is 7.03. The summed E-state index contributed by atoms with van der Waals surface area (Å²) in [6.45, 7) is 7.62. The number of nitrogens with one attached hydrogen (secondary N) is 2. The lowest BCUT2D eigenvalue weighted by molar-refractivity contribution is 0.292. The Labute approximate surface area is 203 Å². The van der Waals surface area contributed by atoms with E-state index in [0.29, 0.717) is 16.9 Å². The number of hydrogen-bond acceptors (Lipinski definition) is 3. The number of piperidine rings is 1. The van der Waals surface area contributed by atoms with E-state index in [1.54, 1.807) is 0 Å². The van der Waals surface area contributed by atoms with Crippen molar-refractivity contribution in [2.24, 2.45) is 11.8 Å². The molecule has 0 bridgehead atoms. The predicted molar refractivity (Wildman–Crippen MR) is 140 cm³/mol. The summed E-state index contributed by atoms with van der Waals surface area (Å²) in [6.07, 6.45) is 9.30. The van der Waals surface area contributed by atoms with Crippen molar-refractivity contribution in [1.82, 2.24) is 10.3 Å². The summed E-state index contributed by atoms with van der Waals surface area (Å²) in [6, 6.07) is 12.5. The molecule has 1 aromatic carbocycles. The predicted octanol–water partition coefficient (Wildman–Crippen LogP) is 6.41. The van der Waals surface area contributed by atoms with Gasteiger partial charge in [0.1, 0.15) is 5.82 Å². The molecule has 2 heterocycles. The molecular weight excluding hydrogens is 436 g/mol. The van der Waals surface area contributed by atoms with Gasteiger partial charge in [-0.15, -0.1) is 0 Å². The molecule has 1 saturated heterocycles. The van der Waals surface area contributed by atoms with Gasteiger partial charge in [0.05, 0.1) is 11.9 Å². The summed E-state index contributed by atoms with van der Waals surface area (Å²) in [5.41, 5.74) is 2.32. The minimum absolute atomic E-state index is 0.0820. The van der Waals surface area contributed by atoms with Gasteiger partial charge in [-0.3, -0.25) is 0 Å². The second-order valence-electron chi connectivity index (χ2n) is 9.92. The summed E-state index contributed by atoms with van der Waals surface area (Å²) < 4.78 is 0. The van der Waals surface area contributed by atoms with Gasteiger partial charge in [0.25, 0.3) is 0 Å². The van der Waals surface area contributed by atoms with Crippen LogP contribution in [0.15, 0.2) is 42.6 Å². The molecule has 1 aliphatic carbocycles. The largest absolute Gasteiger partial charge is 0.362 e. The van der Waals surface area contributed by atoms with Crippen molar-refractivity contribution in [3.63, 3.8) is 0 Å². The highest BCUT2D eigenvalue weighted by atomic mass is 35.5. The van der Waals surface area contributed by atoms with Crippen molar-refractivity contribution in [2.75, 3.05) is 29.9 Å². The number of aromatic nitrogens is 1. The van der Waals surface area contributed by atoms with Crippen LogP contribution < -0.4 is 15.5 Å². The van der Waals surface area contributed by atoms with Gasteiger partial charge < -0.3 is 15.5 Å². The number of nitrogens with zero attached hydrogens (tertiary/aromatic N) is 2. The van der Waals surface area contributed by atoms with Crippen LogP contribution in [0.2, 0.25) is 5.02 Å². The maximum Gasteiger partial charge on any atom is 0.170 e. The zero-order valence-electron chi connectivity index (χ0n) is 19.2. The Balaban J connectivity index is 1.36. The molecule has 4 rings (SSSR count). The van der Waals surface area contributed by atoms with E-state index in [-0.39, 0.29) is 5.41 Å².